The summed E-state index contributed by atoms with van der Waals surface area (Å²) in [5.41, 5.74) is 0.308. The minimum atomic E-state index is 0.308. The number of pyridine rings is 1. The monoisotopic (exact) mass is 303 g/mol. The van der Waals surface area contributed by atoms with Crippen LogP contribution in [0.3, 0.4) is 0 Å². The summed E-state index contributed by atoms with van der Waals surface area (Å²) in [6.45, 7) is 0.750. The third kappa shape index (κ3) is 2.89. The van der Waals surface area contributed by atoms with Crippen LogP contribution in [-0.4, -0.2) is 16.9 Å². The van der Waals surface area contributed by atoms with Gasteiger partial charge in [-0.15, -0.1) is 0 Å². The third-order valence-electron chi connectivity index (χ3n) is 3.17. The van der Waals surface area contributed by atoms with Crippen molar-refractivity contribution in [2.24, 2.45) is 5.41 Å². The molecule has 0 aliphatic heterocycles. The predicted octanol–water partition coefficient (Wildman–Crippen LogP) is 4.07. The first-order chi connectivity index (χ1) is 7.74. The maximum atomic E-state index is 5.86. The normalized spacial score (nSPS) is 18.6. The fourth-order valence-electron chi connectivity index (χ4n) is 2.15. The molecule has 4 heteroatoms. The summed E-state index contributed by atoms with van der Waals surface area (Å²) in [6, 6.07) is 1.81. The zero-order chi connectivity index (χ0) is 11.4. The highest BCUT2D eigenvalue weighted by Gasteiger charge is 2.33. The van der Waals surface area contributed by atoms with E-state index in [2.05, 4.69) is 20.9 Å². The van der Waals surface area contributed by atoms with Crippen LogP contribution in [0.25, 0.3) is 0 Å². The van der Waals surface area contributed by atoms with Crippen molar-refractivity contribution in [1.82, 2.24) is 4.98 Å². The molecule has 0 atom stereocenters. The molecule has 0 bridgehead atoms. The summed E-state index contributed by atoms with van der Waals surface area (Å²) in [5.74, 6) is 0.764. The lowest BCUT2D eigenvalue weighted by Crippen LogP contribution is -2.27. The quantitative estimate of drug-likeness (QED) is 0.782. The van der Waals surface area contributed by atoms with Gasteiger partial charge in [0.1, 0.15) is 5.75 Å². The second-order valence-corrected chi connectivity index (χ2v) is 5.47. The molecule has 1 aliphatic carbocycles. The van der Waals surface area contributed by atoms with E-state index >= 15 is 0 Å². The maximum Gasteiger partial charge on any atom is 0.139 e. The molecule has 2 rings (SSSR count). The van der Waals surface area contributed by atoms with Gasteiger partial charge < -0.3 is 4.74 Å². The molecule has 0 aromatic carbocycles. The second kappa shape index (κ2) is 5.37. The molecule has 1 aliphatic rings. The van der Waals surface area contributed by atoms with Gasteiger partial charge in [0.15, 0.2) is 0 Å². The van der Waals surface area contributed by atoms with Gasteiger partial charge in [0.25, 0.3) is 0 Å². The Hall–Kier alpha value is -0.280. The molecule has 0 radical (unpaired) electrons. The lowest BCUT2D eigenvalue weighted by molar-refractivity contribution is 0.173. The van der Waals surface area contributed by atoms with Crippen molar-refractivity contribution in [3.05, 3.63) is 23.5 Å². The minimum absolute atomic E-state index is 0.308. The van der Waals surface area contributed by atoms with E-state index in [1.165, 1.54) is 25.7 Å². The van der Waals surface area contributed by atoms with Gasteiger partial charge in [-0.3, -0.25) is 4.98 Å². The molecule has 1 saturated carbocycles. The largest absolute Gasteiger partial charge is 0.491 e. The zero-order valence-electron chi connectivity index (χ0n) is 9.09. The summed E-state index contributed by atoms with van der Waals surface area (Å²) in [5, 5.41) is 1.63. The molecule has 1 heterocycles. The average molecular weight is 305 g/mol. The summed E-state index contributed by atoms with van der Waals surface area (Å²) < 4.78 is 5.79. The molecule has 0 saturated heterocycles. The highest BCUT2D eigenvalue weighted by atomic mass is 79.9. The number of halogens is 2. The van der Waals surface area contributed by atoms with Gasteiger partial charge in [-0.05, 0) is 12.8 Å². The van der Waals surface area contributed by atoms with Crippen molar-refractivity contribution < 1.29 is 4.74 Å². The van der Waals surface area contributed by atoms with Gasteiger partial charge in [-0.1, -0.05) is 40.4 Å². The smallest absolute Gasteiger partial charge is 0.139 e. The molecule has 1 aromatic heterocycles. The van der Waals surface area contributed by atoms with E-state index in [4.69, 9.17) is 16.3 Å². The predicted molar refractivity (Wildman–Crippen MR) is 69.4 cm³/mol. The molecule has 2 nitrogen and oxygen atoms in total. The Morgan fingerprint density at radius 1 is 1.38 bits per heavy atom. The Bertz CT molecular complexity index is 353. The van der Waals surface area contributed by atoms with Crippen LogP contribution in [-0.2, 0) is 0 Å². The van der Waals surface area contributed by atoms with Gasteiger partial charge >= 0.3 is 0 Å². The van der Waals surface area contributed by atoms with Crippen LogP contribution in [0.5, 0.6) is 5.75 Å². The molecule has 0 spiro atoms. The van der Waals surface area contributed by atoms with E-state index in [0.29, 0.717) is 10.4 Å². The fraction of sp³-hybridized carbons (Fsp3) is 0.583. The second-order valence-electron chi connectivity index (χ2n) is 4.47. The van der Waals surface area contributed by atoms with Gasteiger partial charge in [-0.2, -0.15) is 0 Å². The molecule has 0 unspecified atom stereocenters. The van der Waals surface area contributed by atoms with Crippen molar-refractivity contribution in [3.63, 3.8) is 0 Å². The molecule has 88 valence electrons. The lowest BCUT2D eigenvalue weighted by Gasteiger charge is -2.26. The summed E-state index contributed by atoms with van der Waals surface area (Å²) in [7, 11) is 0. The first-order valence-corrected chi connectivity index (χ1v) is 7.03. The Morgan fingerprint density at radius 2 is 2.12 bits per heavy atom. The van der Waals surface area contributed by atoms with E-state index in [-0.39, 0.29) is 0 Å². The van der Waals surface area contributed by atoms with Crippen LogP contribution in [0.4, 0.5) is 0 Å². The summed E-state index contributed by atoms with van der Waals surface area (Å²) in [6.07, 6.45) is 8.43. The van der Waals surface area contributed by atoms with Crippen LogP contribution in [0, 0.1) is 5.41 Å². The number of hydrogen-bond donors (Lipinski definition) is 0. The van der Waals surface area contributed by atoms with Crippen LogP contribution >= 0.6 is 27.5 Å². The molecule has 1 aromatic rings. The SMILES string of the molecule is Clc1cncc(OCC2(CBr)CCCC2)c1. The molecule has 0 amide bonds. The van der Waals surface area contributed by atoms with Crippen molar-refractivity contribution >= 4 is 27.5 Å². The molecule has 0 N–H and O–H groups in total. The average Bonchev–Trinajstić information content (AvgIpc) is 2.76. The summed E-state index contributed by atoms with van der Waals surface area (Å²) in [4.78, 5) is 4.01. The number of rotatable bonds is 4. The van der Waals surface area contributed by atoms with Crippen LogP contribution in [0.1, 0.15) is 25.7 Å². The molecular formula is C12H15BrClNO. The summed E-state index contributed by atoms with van der Waals surface area (Å²) >= 11 is 9.46. The van der Waals surface area contributed by atoms with Crippen molar-refractivity contribution in [2.45, 2.75) is 25.7 Å². The standard InChI is InChI=1S/C12H15BrClNO/c13-8-12(3-1-2-4-12)9-16-11-5-10(14)6-15-7-11/h5-7H,1-4,8-9H2. The van der Waals surface area contributed by atoms with E-state index in [0.717, 1.165) is 17.7 Å². The molecular weight excluding hydrogens is 289 g/mol. The van der Waals surface area contributed by atoms with E-state index in [1.807, 2.05) is 6.07 Å². The number of alkyl halides is 1. The Morgan fingerprint density at radius 3 is 2.75 bits per heavy atom. The Kier molecular flexibility index (Phi) is 4.09. The van der Waals surface area contributed by atoms with E-state index < -0.39 is 0 Å². The first-order valence-electron chi connectivity index (χ1n) is 5.53. The van der Waals surface area contributed by atoms with Crippen molar-refractivity contribution in [3.8, 4) is 5.75 Å². The van der Waals surface area contributed by atoms with Crippen LogP contribution in [0.15, 0.2) is 18.5 Å². The number of nitrogens with zero attached hydrogens (tertiary/aromatic N) is 1. The number of ether oxygens (including phenoxy) is 1. The van der Waals surface area contributed by atoms with E-state index in [9.17, 15) is 0 Å². The van der Waals surface area contributed by atoms with Gasteiger partial charge in [-0.25, -0.2) is 0 Å². The van der Waals surface area contributed by atoms with E-state index in [1.54, 1.807) is 12.4 Å². The fourth-order valence-corrected chi connectivity index (χ4v) is 3.04. The topological polar surface area (TPSA) is 22.1 Å². The van der Waals surface area contributed by atoms with Gasteiger partial charge in [0, 0.05) is 23.0 Å². The highest BCUT2D eigenvalue weighted by Crippen LogP contribution is 2.40. The van der Waals surface area contributed by atoms with Crippen LogP contribution in [0.2, 0.25) is 5.02 Å². The number of aromatic nitrogens is 1. The van der Waals surface area contributed by atoms with Crippen LogP contribution < -0.4 is 4.74 Å². The Labute approximate surface area is 109 Å². The molecule has 16 heavy (non-hydrogen) atoms. The Balaban J connectivity index is 1.95. The highest BCUT2D eigenvalue weighted by molar-refractivity contribution is 9.09. The zero-order valence-corrected chi connectivity index (χ0v) is 11.4. The maximum absolute atomic E-state index is 5.86. The lowest BCUT2D eigenvalue weighted by atomic mass is 9.90. The first kappa shape index (κ1) is 12.2. The van der Waals surface area contributed by atoms with Crippen molar-refractivity contribution in [2.75, 3.05) is 11.9 Å². The third-order valence-corrected chi connectivity index (χ3v) is 4.57. The molecule has 1 fully saturated rings. The number of hydrogen-bond acceptors (Lipinski definition) is 2. The van der Waals surface area contributed by atoms with Gasteiger partial charge in [0.05, 0.1) is 17.8 Å². The van der Waals surface area contributed by atoms with Crippen molar-refractivity contribution in [1.29, 1.82) is 0 Å². The minimum Gasteiger partial charge on any atom is -0.491 e. The van der Waals surface area contributed by atoms with Gasteiger partial charge in [0.2, 0.25) is 0 Å².